The second-order valence-corrected chi connectivity index (χ2v) is 4.86. The van der Waals surface area contributed by atoms with Crippen LogP contribution in [0.25, 0.3) is 0 Å². The third-order valence-corrected chi connectivity index (χ3v) is 3.16. The molecule has 1 aliphatic heterocycles. The first-order valence-corrected chi connectivity index (χ1v) is 6.26. The van der Waals surface area contributed by atoms with Crippen LogP contribution >= 0.6 is 0 Å². The Morgan fingerprint density at radius 1 is 1.56 bits per heavy atom. The molecular weight excluding hydrogens is 226 g/mol. The van der Waals surface area contributed by atoms with Gasteiger partial charge < -0.3 is 9.84 Å². The zero-order valence-electron chi connectivity index (χ0n) is 10.9. The highest BCUT2D eigenvalue weighted by atomic mass is 16.5. The summed E-state index contributed by atoms with van der Waals surface area (Å²) in [7, 11) is 0. The van der Waals surface area contributed by atoms with E-state index in [-0.39, 0.29) is 11.8 Å². The minimum Gasteiger partial charge on any atom is -0.507 e. The first kappa shape index (κ1) is 12.7. The van der Waals surface area contributed by atoms with Gasteiger partial charge in [0, 0.05) is 0 Å². The van der Waals surface area contributed by atoms with Crippen LogP contribution < -0.4 is 0 Å². The third-order valence-electron chi connectivity index (χ3n) is 3.16. The van der Waals surface area contributed by atoms with Crippen LogP contribution in [0.1, 0.15) is 25.0 Å². The molecule has 0 fully saturated rings. The molecule has 18 heavy (non-hydrogen) atoms. The van der Waals surface area contributed by atoms with E-state index >= 15 is 0 Å². The van der Waals surface area contributed by atoms with Gasteiger partial charge in [-0.25, -0.2) is 4.99 Å². The van der Waals surface area contributed by atoms with Gasteiger partial charge in [0.05, 0.1) is 11.6 Å². The minimum absolute atomic E-state index is 0.183. The number of ether oxygens (including phenoxy) is 1. The third kappa shape index (κ3) is 2.40. The van der Waals surface area contributed by atoms with Crippen molar-refractivity contribution in [1.82, 2.24) is 0 Å². The standard InChI is InChI=1S/C15H19NO2/c1-4-6-11-7-5-8-12(14(11)17)15-16-13(9-18-15)10(2)3/h4-5,7-8,10,13,17H,1,6,9H2,2-3H3/t13-/m1/s1. The Kier molecular flexibility index (Phi) is 3.70. The van der Waals surface area contributed by atoms with E-state index in [1.807, 2.05) is 18.2 Å². The molecule has 3 nitrogen and oxygen atoms in total. The lowest BCUT2D eigenvalue weighted by Gasteiger charge is -2.07. The molecule has 1 N–H and O–H groups in total. The number of phenols is 1. The molecule has 1 aromatic carbocycles. The number of hydrogen-bond donors (Lipinski definition) is 1. The Morgan fingerprint density at radius 3 is 2.94 bits per heavy atom. The smallest absolute Gasteiger partial charge is 0.220 e. The number of para-hydroxylation sites is 1. The molecule has 2 rings (SSSR count). The van der Waals surface area contributed by atoms with E-state index in [0.717, 1.165) is 5.56 Å². The lowest BCUT2D eigenvalue weighted by molar-refractivity contribution is 0.291. The molecule has 0 amide bonds. The fourth-order valence-corrected chi connectivity index (χ4v) is 1.96. The van der Waals surface area contributed by atoms with E-state index in [0.29, 0.717) is 30.4 Å². The van der Waals surface area contributed by atoms with Gasteiger partial charge in [-0.15, -0.1) is 6.58 Å². The molecule has 0 saturated carbocycles. The van der Waals surface area contributed by atoms with Crippen LogP contribution in [0.2, 0.25) is 0 Å². The van der Waals surface area contributed by atoms with E-state index in [1.165, 1.54) is 0 Å². The second kappa shape index (κ2) is 5.25. The molecule has 1 aliphatic rings. The summed E-state index contributed by atoms with van der Waals surface area (Å²) in [5.74, 6) is 1.25. The lowest BCUT2D eigenvalue weighted by atomic mass is 10.1. The first-order valence-electron chi connectivity index (χ1n) is 6.26. The Balaban J connectivity index is 2.32. The summed E-state index contributed by atoms with van der Waals surface area (Å²) < 4.78 is 5.59. The molecule has 3 heteroatoms. The van der Waals surface area contributed by atoms with Crippen molar-refractivity contribution in [3.8, 4) is 5.75 Å². The molecule has 0 aliphatic carbocycles. The zero-order valence-corrected chi connectivity index (χ0v) is 10.9. The Bertz CT molecular complexity index is 477. The number of benzene rings is 1. The number of hydrogen-bond acceptors (Lipinski definition) is 3. The maximum Gasteiger partial charge on any atom is 0.220 e. The van der Waals surface area contributed by atoms with Gasteiger partial charge in [0.1, 0.15) is 12.4 Å². The van der Waals surface area contributed by atoms with Crippen LogP contribution in [0.5, 0.6) is 5.75 Å². The molecule has 96 valence electrons. The van der Waals surface area contributed by atoms with E-state index in [9.17, 15) is 5.11 Å². The van der Waals surface area contributed by atoms with Gasteiger partial charge >= 0.3 is 0 Å². The summed E-state index contributed by atoms with van der Waals surface area (Å²) in [5.41, 5.74) is 1.53. The van der Waals surface area contributed by atoms with Crippen molar-refractivity contribution in [2.45, 2.75) is 26.3 Å². The number of aliphatic imine (C=N–C) groups is 1. The maximum absolute atomic E-state index is 10.2. The number of rotatable bonds is 4. The number of aromatic hydroxyl groups is 1. The van der Waals surface area contributed by atoms with Crippen molar-refractivity contribution < 1.29 is 9.84 Å². The molecule has 0 unspecified atom stereocenters. The summed E-state index contributed by atoms with van der Waals surface area (Å²) in [6.07, 6.45) is 2.41. The topological polar surface area (TPSA) is 41.8 Å². The van der Waals surface area contributed by atoms with Crippen molar-refractivity contribution in [3.05, 3.63) is 42.0 Å². The SMILES string of the molecule is C=CCc1cccc(C2=N[C@@H](C(C)C)CO2)c1O. The highest BCUT2D eigenvalue weighted by molar-refractivity contribution is 5.98. The van der Waals surface area contributed by atoms with Gasteiger partial charge in [0.2, 0.25) is 5.90 Å². The molecule has 0 spiro atoms. The summed E-state index contributed by atoms with van der Waals surface area (Å²) in [6, 6.07) is 5.81. The van der Waals surface area contributed by atoms with Gasteiger partial charge in [-0.2, -0.15) is 0 Å². The van der Waals surface area contributed by atoms with Crippen molar-refractivity contribution in [2.75, 3.05) is 6.61 Å². The fourth-order valence-electron chi connectivity index (χ4n) is 1.96. The average molecular weight is 245 g/mol. The van der Waals surface area contributed by atoms with E-state index in [4.69, 9.17) is 4.74 Å². The number of nitrogens with zero attached hydrogens (tertiary/aromatic N) is 1. The Labute approximate surface area is 108 Å². The molecule has 0 aromatic heterocycles. The van der Waals surface area contributed by atoms with Crippen molar-refractivity contribution in [3.63, 3.8) is 0 Å². The van der Waals surface area contributed by atoms with Gasteiger partial charge in [0.25, 0.3) is 0 Å². The molecule has 0 bridgehead atoms. The van der Waals surface area contributed by atoms with Gasteiger partial charge in [-0.05, 0) is 24.0 Å². The van der Waals surface area contributed by atoms with Crippen LogP contribution in [-0.4, -0.2) is 23.7 Å². The quantitative estimate of drug-likeness (QED) is 0.829. The predicted molar refractivity (Wildman–Crippen MR) is 73.1 cm³/mol. The molecule has 1 aromatic rings. The minimum atomic E-state index is 0.183. The first-order chi connectivity index (χ1) is 8.63. The largest absolute Gasteiger partial charge is 0.507 e. The second-order valence-electron chi connectivity index (χ2n) is 4.86. The average Bonchev–Trinajstić information content (AvgIpc) is 2.81. The Hall–Kier alpha value is -1.77. The number of allylic oxidation sites excluding steroid dienone is 1. The van der Waals surface area contributed by atoms with Crippen LogP contribution in [0, 0.1) is 5.92 Å². The fraction of sp³-hybridized carbons (Fsp3) is 0.400. The van der Waals surface area contributed by atoms with E-state index in [2.05, 4.69) is 25.4 Å². The summed E-state index contributed by atoms with van der Waals surface area (Å²) >= 11 is 0. The van der Waals surface area contributed by atoms with Gasteiger partial charge in [-0.3, -0.25) is 0 Å². The lowest BCUT2D eigenvalue weighted by Crippen LogP contribution is -2.13. The van der Waals surface area contributed by atoms with Gasteiger partial charge in [0.15, 0.2) is 0 Å². The number of phenolic OH excluding ortho intramolecular Hbond substituents is 1. The summed E-state index contributed by atoms with van der Waals surface area (Å²) in [6.45, 7) is 8.52. The van der Waals surface area contributed by atoms with Crippen LogP contribution in [0.3, 0.4) is 0 Å². The molecule has 0 saturated heterocycles. The molecule has 1 heterocycles. The highest BCUT2D eigenvalue weighted by Gasteiger charge is 2.24. The zero-order chi connectivity index (χ0) is 13.1. The van der Waals surface area contributed by atoms with Crippen molar-refractivity contribution >= 4 is 5.90 Å². The molecule has 1 atom stereocenters. The van der Waals surface area contributed by atoms with Crippen LogP contribution in [-0.2, 0) is 11.2 Å². The maximum atomic E-state index is 10.2. The summed E-state index contributed by atoms with van der Waals surface area (Å²) in [5, 5.41) is 10.2. The van der Waals surface area contributed by atoms with Crippen LogP contribution in [0.4, 0.5) is 0 Å². The van der Waals surface area contributed by atoms with Crippen LogP contribution in [0.15, 0.2) is 35.8 Å². The Morgan fingerprint density at radius 2 is 2.33 bits per heavy atom. The monoisotopic (exact) mass is 245 g/mol. The van der Waals surface area contributed by atoms with E-state index in [1.54, 1.807) is 6.08 Å². The van der Waals surface area contributed by atoms with E-state index < -0.39 is 0 Å². The normalized spacial score (nSPS) is 18.6. The molecule has 0 radical (unpaired) electrons. The molecular formula is C15H19NO2. The van der Waals surface area contributed by atoms with Gasteiger partial charge in [-0.1, -0.05) is 32.1 Å². The van der Waals surface area contributed by atoms with Crippen molar-refractivity contribution in [2.24, 2.45) is 10.9 Å². The predicted octanol–water partition coefficient (Wildman–Crippen LogP) is 2.92. The van der Waals surface area contributed by atoms with Crippen molar-refractivity contribution in [1.29, 1.82) is 0 Å². The summed E-state index contributed by atoms with van der Waals surface area (Å²) in [4.78, 5) is 4.53. The highest BCUT2D eigenvalue weighted by Crippen LogP contribution is 2.27.